The molecule has 0 aliphatic rings. The van der Waals surface area contributed by atoms with E-state index in [-0.39, 0.29) is 12.1 Å². The molecule has 1 aromatic carbocycles. The molecule has 0 spiro atoms. The maximum absolute atomic E-state index is 5.74. The van der Waals surface area contributed by atoms with Gasteiger partial charge in [0.05, 0.1) is 19.3 Å². The smallest absolute Gasteiger partial charge is 0.161 e. The van der Waals surface area contributed by atoms with Gasteiger partial charge in [-0.2, -0.15) is 5.10 Å². The van der Waals surface area contributed by atoms with Gasteiger partial charge >= 0.3 is 0 Å². The minimum absolute atomic E-state index is 0.245. The zero-order chi connectivity index (χ0) is 14.5. The second kappa shape index (κ2) is 6.51. The third kappa shape index (κ3) is 2.67. The Balaban J connectivity index is 2.42. The van der Waals surface area contributed by atoms with E-state index in [2.05, 4.69) is 10.5 Å². The molecule has 2 unspecified atom stereocenters. The zero-order valence-electron chi connectivity index (χ0n) is 11.9. The fourth-order valence-electron chi connectivity index (χ4n) is 2.36. The van der Waals surface area contributed by atoms with Gasteiger partial charge in [0.15, 0.2) is 5.75 Å². The van der Waals surface area contributed by atoms with Gasteiger partial charge < -0.3 is 9.47 Å². The first-order chi connectivity index (χ1) is 9.72. The van der Waals surface area contributed by atoms with Crippen molar-refractivity contribution in [2.75, 3.05) is 14.2 Å². The van der Waals surface area contributed by atoms with Gasteiger partial charge in [-0.3, -0.25) is 10.5 Å². The number of benzene rings is 1. The van der Waals surface area contributed by atoms with Gasteiger partial charge in [-0.25, -0.2) is 5.43 Å². The first kappa shape index (κ1) is 14.5. The summed E-state index contributed by atoms with van der Waals surface area (Å²) in [5.74, 6) is 6.42. The third-order valence-corrected chi connectivity index (χ3v) is 3.33. The van der Waals surface area contributed by atoms with Crippen LogP contribution in [0.1, 0.15) is 23.4 Å². The van der Waals surface area contributed by atoms with Gasteiger partial charge in [-0.1, -0.05) is 30.3 Å². The second-order valence-corrected chi connectivity index (χ2v) is 4.43. The van der Waals surface area contributed by atoms with E-state index >= 15 is 0 Å². The normalized spacial score (nSPS) is 14.0. The van der Waals surface area contributed by atoms with Crippen molar-refractivity contribution < 1.29 is 9.47 Å². The summed E-state index contributed by atoms with van der Waals surface area (Å²) in [7, 11) is 5.11. The fraction of sp³-hybridized carbons (Fsp3) is 0.357. The van der Waals surface area contributed by atoms with Crippen LogP contribution in [0.5, 0.6) is 5.75 Å². The van der Waals surface area contributed by atoms with Crippen molar-refractivity contribution in [3.05, 3.63) is 47.8 Å². The molecule has 0 aliphatic carbocycles. The Labute approximate surface area is 118 Å². The molecule has 6 nitrogen and oxygen atoms in total. The van der Waals surface area contributed by atoms with Gasteiger partial charge in [0.25, 0.3) is 0 Å². The molecule has 0 saturated heterocycles. The van der Waals surface area contributed by atoms with Crippen molar-refractivity contribution in [3.8, 4) is 5.75 Å². The second-order valence-electron chi connectivity index (χ2n) is 4.43. The van der Waals surface area contributed by atoms with Crippen LogP contribution in [0.3, 0.4) is 0 Å². The monoisotopic (exact) mass is 276 g/mol. The summed E-state index contributed by atoms with van der Waals surface area (Å²) < 4.78 is 12.7. The van der Waals surface area contributed by atoms with Crippen LogP contribution in [0.15, 0.2) is 36.5 Å². The summed E-state index contributed by atoms with van der Waals surface area (Å²) in [5.41, 5.74) is 4.67. The first-order valence-corrected chi connectivity index (χ1v) is 6.32. The Kier molecular flexibility index (Phi) is 4.73. The number of methoxy groups -OCH3 is 2. The standard InChI is InChI=1S/C14H20N4O2/c1-18-13(11(19-2)9-16-18)12(17-15)14(20-3)10-7-5-4-6-8-10/h4-9,12,14,17H,15H2,1-3H3. The minimum Gasteiger partial charge on any atom is -0.493 e. The van der Waals surface area contributed by atoms with Gasteiger partial charge in [-0.15, -0.1) is 0 Å². The average Bonchev–Trinajstić information content (AvgIpc) is 2.86. The highest BCUT2D eigenvalue weighted by molar-refractivity contribution is 5.31. The SMILES string of the molecule is COc1cnn(C)c1C(NN)C(OC)c1ccccc1. The summed E-state index contributed by atoms with van der Waals surface area (Å²) in [4.78, 5) is 0. The van der Waals surface area contributed by atoms with E-state index in [0.29, 0.717) is 5.75 Å². The van der Waals surface area contributed by atoms with E-state index in [1.54, 1.807) is 25.1 Å². The molecule has 2 aromatic rings. The Hall–Kier alpha value is -1.89. The molecule has 3 N–H and O–H groups in total. The van der Waals surface area contributed by atoms with E-state index in [0.717, 1.165) is 11.3 Å². The Morgan fingerprint density at radius 2 is 1.95 bits per heavy atom. The van der Waals surface area contributed by atoms with Gasteiger partial charge in [0, 0.05) is 14.2 Å². The topological polar surface area (TPSA) is 74.3 Å². The summed E-state index contributed by atoms with van der Waals surface area (Å²) in [5, 5.41) is 4.21. The number of rotatable bonds is 6. The molecule has 108 valence electrons. The molecule has 0 saturated carbocycles. The van der Waals surface area contributed by atoms with Crippen molar-refractivity contribution in [2.45, 2.75) is 12.1 Å². The number of hydrogen-bond donors (Lipinski definition) is 2. The van der Waals surface area contributed by atoms with Gasteiger partial charge in [0.2, 0.25) is 0 Å². The number of nitrogens with two attached hydrogens (primary N) is 1. The lowest BCUT2D eigenvalue weighted by Gasteiger charge is -2.26. The lowest BCUT2D eigenvalue weighted by atomic mass is 9.99. The molecule has 0 amide bonds. The predicted octanol–water partition coefficient (Wildman–Crippen LogP) is 1.32. The van der Waals surface area contributed by atoms with Gasteiger partial charge in [-0.05, 0) is 5.56 Å². The highest BCUT2D eigenvalue weighted by Crippen LogP contribution is 2.35. The molecule has 0 aliphatic heterocycles. The lowest BCUT2D eigenvalue weighted by molar-refractivity contribution is 0.0641. The van der Waals surface area contributed by atoms with E-state index in [9.17, 15) is 0 Å². The van der Waals surface area contributed by atoms with E-state index in [1.165, 1.54) is 0 Å². The van der Waals surface area contributed by atoms with Crippen molar-refractivity contribution in [1.29, 1.82) is 0 Å². The molecular weight excluding hydrogens is 256 g/mol. The molecule has 0 bridgehead atoms. The van der Waals surface area contributed by atoms with Crippen molar-refractivity contribution in [1.82, 2.24) is 15.2 Å². The Morgan fingerprint density at radius 3 is 2.50 bits per heavy atom. The molecule has 1 aromatic heterocycles. The van der Waals surface area contributed by atoms with Crippen molar-refractivity contribution >= 4 is 0 Å². The van der Waals surface area contributed by atoms with E-state index in [4.69, 9.17) is 15.3 Å². The van der Waals surface area contributed by atoms with Crippen molar-refractivity contribution in [3.63, 3.8) is 0 Å². The molecule has 2 rings (SSSR count). The van der Waals surface area contributed by atoms with Gasteiger partial charge in [0.1, 0.15) is 11.8 Å². The minimum atomic E-state index is -0.273. The first-order valence-electron chi connectivity index (χ1n) is 6.32. The van der Waals surface area contributed by atoms with Crippen LogP contribution in [-0.2, 0) is 11.8 Å². The highest BCUT2D eigenvalue weighted by atomic mass is 16.5. The fourth-order valence-corrected chi connectivity index (χ4v) is 2.36. The average molecular weight is 276 g/mol. The number of aryl methyl sites for hydroxylation is 1. The maximum atomic E-state index is 5.74. The number of aromatic nitrogens is 2. The molecular formula is C14H20N4O2. The predicted molar refractivity (Wildman–Crippen MR) is 76.0 cm³/mol. The molecule has 0 fully saturated rings. The van der Waals surface area contributed by atoms with Crippen LogP contribution in [0.2, 0.25) is 0 Å². The van der Waals surface area contributed by atoms with Crippen LogP contribution in [0.25, 0.3) is 0 Å². The van der Waals surface area contributed by atoms with Crippen molar-refractivity contribution in [2.24, 2.45) is 12.9 Å². The third-order valence-electron chi connectivity index (χ3n) is 3.33. The number of hydrogen-bond acceptors (Lipinski definition) is 5. The Bertz CT molecular complexity index is 541. The largest absolute Gasteiger partial charge is 0.493 e. The molecule has 20 heavy (non-hydrogen) atoms. The number of nitrogens with zero attached hydrogens (tertiary/aromatic N) is 2. The van der Waals surface area contributed by atoms with Crippen LogP contribution in [0, 0.1) is 0 Å². The quantitative estimate of drug-likeness (QED) is 0.615. The van der Waals surface area contributed by atoms with Crippen LogP contribution in [-0.4, -0.2) is 24.0 Å². The molecule has 2 atom stereocenters. The number of ether oxygens (including phenoxy) is 2. The summed E-state index contributed by atoms with van der Waals surface area (Å²) in [6.07, 6.45) is 1.42. The number of nitrogens with one attached hydrogen (secondary N) is 1. The summed E-state index contributed by atoms with van der Waals surface area (Å²) >= 11 is 0. The van der Waals surface area contributed by atoms with Crippen LogP contribution in [0.4, 0.5) is 0 Å². The van der Waals surface area contributed by atoms with Crippen LogP contribution < -0.4 is 16.0 Å². The Morgan fingerprint density at radius 1 is 1.25 bits per heavy atom. The molecule has 6 heteroatoms. The lowest BCUT2D eigenvalue weighted by Crippen LogP contribution is -2.35. The highest BCUT2D eigenvalue weighted by Gasteiger charge is 2.29. The van der Waals surface area contributed by atoms with E-state index in [1.807, 2.05) is 37.4 Å². The zero-order valence-corrected chi connectivity index (χ0v) is 11.9. The maximum Gasteiger partial charge on any atom is 0.161 e. The number of hydrazine groups is 1. The molecule has 0 radical (unpaired) electrons. The summed E-state index contributed by atoms with van der Waals surface area (Å²) in [6, 6.07) is 9.63. The van der Waals surface area contributed by atoms with E-state index < -0.39 is 0 Å². The molecule has 1 heterocycles. The van der Waals surface area contributed by atoms with Crippen LogP contribution >= 0.6 is 0 Å². The summed E-state index contributed by atoms with van der Waals surface area (Å²) in [6.45, 7) is 0.